The highest BCUT2D eigenvalue weighted by atomic mass is 35.5. The predicted octanol–water partition coefficient (Wildman–Crippen LogP) is 3.42. The van der Waals surface area contributed by atoms with Crippen LogP contribution in [0.15, 0.2) is 47.4 Å². The molecule has 19 heavy (non-hydrogen) atoms. The third kappa shape index (κ3) is 3.02. The highest BCUT2D eigenvalue weighted by Gasteiger charge is 2.19. The van der Waals surface area contributed by atoms with Crippen LogP contribution in [-0.4, -0.2) is 8.42 Å². The van der Waals surface area contributed by atoms with E-state index in [1.54, 1.807) is 0 Å². The van der Waals surface area contributed by atoms with Crippen LogP contribution in [0.3, 0.4) is 0 Å². The predicted molar refractivity (Wildman–Crippen MR) is 68.6 cm³/mol. The molecule has 0 heterocycles. The van der Waals surface area contributed by atoms with Gasteiger partial charge in [-0.05, 0) is 30.3 Å². The summed E-state index contributed by atoms with van der Waals surface area (Å²) in [5.41, 5.74) is -0.206. The third-order valence-corrected chi connectivity index (χ3v) is 4.15. The second-order valence-corrected chi connectivity index (χ2v) is 5.72. The van der Waals surface area contributed by atoms with Gasteiger partial charge in [0.05, 0.1) is 10.7 Å². The lowest BCUT2D eigenvalue weighted by Gasteiger charge is -2.10. The lowest BCUT2D eigenvalue weighted by Crippen LogP contribution is -2.14. The highest BCUT2D eigenvalue weighted by Crippen LogP contribution is 2.25. The molecule has 0 saturated carbocycles. The lowest BCUT2D eigenvalue weighted by atomic mass is 10.3. The number of hydrogen-bond acceptors (Lipinski definition) is 2. The number of anilines is 1. The minimum atomic E-state index is -4.07. The Labute approximate surface area is 113 Å². The van der Waals surface area contributed by atoms with Crippen molar-refractivity contribution in [2.75, 3.05) is 4.72 Å². The summed E-state index contributed by atoms with van der Waals surface area (Å²) in [7, 11) is -4.07. The van der Waals surface area contributed by atoms with Crippen LogP contribution in [0.25, 0.3) is 0 Å². The van der Waals surface area contributed by atoms with Crippen molar-refractivity contribution in [3.63, 3.8) is 0 Å². The van der Waals surface area contributed by atoms with E-state index in [-0.39, 0.29) is 15.6 Å². The Kier molecular flexibility index (Phi) is 3.73. The summed E-state index contributed by atoms with van der Waals surface area (Å²) in [6.45, 7) is 0. The van der Waals surface area contributed by atoms with Crippen molar-refractivity contribution in [3.05, 3.63) is 59.1 Å². The Morgan fingerprint density at radius 2 is 1.74 bits per heavy atom. The molecule has 7 heteroatoms. The summed E-state index contributed by atoms with van der Waals surface area (Å²) in [4.78, 5) is -0.321. The smallest absolute Gasteiger partial charge is 0.263 e. The minimum absolute atomic E-state index is 0.206. The van der Waals surface area contributed by atoms with E-state index in [1.165, 1.54) is 18.2 Å². The fourth-order valence-corrected chi connectivity index (χ4v) is 3.04. The molecule has 0 aromatic heterocycles. The van der Waals surface area contributed by atoms with E-state index in [2.05, 4.69) is 4.72 Å². The first-order chi connectivity index (χ1) is 8.90. The molecule has 0 saturated heterocycles. The molecule has 0 aliphatic rings. The number of rotatable bonds is 3. The SMILES string of the molecule is O=S(=O)(Nc1ccccc1F)c1ccc(F)cc1Cl. The van der Waals surface area contributed by atoms with Gasteiger partial charge in [-0.1, -0.05) is 23.7 Å². The fourth-order valence-electron chi connectivity index (χ4n) is 1.44. The summed E-state index contributed by atoms with van der Waals surface area (Å²) in [6.07, 6.45) is 0. The largest absolute Gasteiger partial charge is 0.277 e. The molecule has 0 fully saturated rings. The molecule has 2 aromatic carbocycles. The molecule has 0 aliphatic carbocycles. The average Bonchev–Trinajstić information content (AvgIpc) is 2.31. The fraction of sp³-hybridized carbons (Fsp3) is 0. The van der Waals surface area contributed by atoms with Crippen LogP contribution < -0.4 is 4.72 Å². The number of hydrogen-bond donors (Lipinski definition) is 1. The average molecular weight is 304 g/mol. The molecule has 0 amide bonds. The van der Waals surface area contributed by atoms with Gasteiger partial charge in [-0.2, -0.15) is 0 Å². The molecule has 3 nitrogen and oxygen atoms in total. The van der Waals surface area contributed by atoms with Crippen molar-refractivity contribution in [2.45, 2.75) is 4.90 Å². The van der Waals surface area contributed by atoms with Gasteiger partial charge in [-0.15, -0.1) is 0 Å². The van der Waals surface area contributed by atoms with E-state index >= 15 is 0 Å². The van der Waals surface area contributed by atoms with E-state index in [4.69, 9.17) is 11.6 Å². The van der Waals surface area contributed by atoms with E-state index in [0.29, 0.717) is 0 Å². The van der Waals surface area contributed by atoms with E-state index in [1.807, 2.05) is 0 Å². The molecule has 0 atom stereocenters. The number of benzene rings is 2. The molecule has 2 aromatic rings. The Balaban J connectivity index is 2.41. The highest BCUT2D eigenvalue weighted by molar-refractivity contribution is 7.92. The second kappa shape index (κ2) is 5.14. The summed E-state index contributed by atoms with van der Waals surface area (Å²) in [6, 6.07) is 8.14. The molecule has 2 rings (SSSR count). The van der Waals surface area contributed by atoms with E-state index in [9.17, 15) is 17.2 Å². The molecule has 0 bridgehead atoms. The number of nitrogens with one attached hydrogen (secondary N) is 1. The maximum Gasteiger partial charge on any atom is 0.263 e. The van der Waals surface area contributed by atoms with Gasteiger partial charge in [0.25, 0.3) is 10.0 Å². The number of halogens is 3. The topological polar surface area (TPSA) is 46.2 Å². The first-order valence-electron chi connectivity index (χ1n) is 5.12. The molecule has 0 spiro atoms. The summed E-state index contributed by atoms with van der Waals surface area (Å²) >= 11 is 5.67. The zero-order chi connectivity index (χ0) is 14.0. The molecule has 100 valence electrons. The van der Waals surface area contributed by atoms with Gasteiger partial charge < -0.3 is 0 Å². The van der Waals surface area contributed by atoms with Crippen LogP contribution in [0.5, 0.6) is 0 Å². The maximum atomic E-state index is 13.4. The second-order valence-electron chi connectivity index (χ2n) is 3.66. The van der Waals surface area contributed by atoms with E-state index in [0.717, 1.165) is 24.3 Å². The maximum absolute atomic E-state index is 13.4. The number of para-hydroxylation sites is 1. The first-order valence-corrected chi connectivity index (χ1v) is 6.99. The van der Waals surface area contributed by atoms with Gasteiger partial charge in [0.2, 0.25) is 0 Å². The molecule has 0 radical (unpaired) electrons. The zero-order valence-electron chi connectivity index (χ0n) is 9.40. The van der Waals surface area contributed by atoms with Gasteiger partial charge >= 0.3 is 0 Å². The van der Waals surface area contributed by atoms with E-state index < -0.39 is 21.7 Å². The number of sulfonamides is 1. The Bertz CT molecular complexity index is 719. The molecule has 1 N–H and O–H groups in total. The summed E-state index contributed by atoms with van der Waals surface area (Å²) in [5.74, 6) is -1.38. The van der Waals surface area contributed by atoms with Crippen LogP contribution in [0, 0.1) is 11.6 Å². The first kappa shape index (κ1) is 13.8. The van der Waals surface area contributed by atoms with Crippen molar-refractivity contribution in [3.8, 4) is 0 Å². The van der Waals surface area contributed by atoms with Crippen molar-refractivity contribution >= 4 is 27.3 Å². The molecule has 0 unspecified atom stereocenters. The van der Waals surface area contributed by atoms with Gasteiger partial charge in [-0.3, -0.25) is 4.72 Å². The monoisotopic (exact) mass is 303 g/mol. The van der Waals surface area contributed by atoms with Gasteiger partial charge in [-0.25, -0.2) is 17.2 Å². The van der Waals surface area contributed by atoms with Crippen molar-refractivity contribution in [2.24, 2.45) is 0 Å². The third-order valence-electron chi connectivity index (χ3n) is 2.30. The summed E-state index contributed by atoms with van der Waals surface area (Å²) in [5, 5.41) is -0.274. The Morgan fingerprint density at radius 1 is 1.05 bits per heavy atom. The van der Waals surface area contributed by atoms with Crippen LogP contribution in [0.4, 0.5) is 14.5 Å². The Hall–Kier alpha value is -1.66. The van der Waals surface area contributed by atoms with Crippen LogP contribution in [0.1, 0.15) is 0 Å². The zero-order valence-corrected chi connectivity index (χ0v) is 11.0. The quantitative estimate of drug-likeness (QED) is 0.944. The molecular formula is C12H8ClF2NO2S. The normalized spacial score (nSPS) is 11.3. The van der Waals surface area contributed by atoms with Gasteiger partial charge in [0.1, 0.15) is 16.5 Å². The van der Waals surface area contributed by atoms with Crippen molar-refractivity contribution in [1.82, 2.24) is 0 Å². The van der Waals surface area contributed by atoms with Crippen molar-refractivity contribution in [1.29, 1.82) is 0 Å². The summed E-state index contributed by atoms with van der Waals surface area (Å²) < 4.78 is 52.3. The Morgan fingerprint density at radius 3 is 2.37 bits per heavy atom. The van der Waals surface area contributed by atoms with Crippen molar-refractivity contribution < 1.29 is 17.2 Å². The minimum Gasteiger partial charge on any atom is -0.277 e. The standard InChI is InChI=1S/C12H8ClF2NO2S/c13-9-7-8(14)5-6-12(9)19(17,18)16-11-4-2-1-3-10(11)15/h1-7,16H. The van der Waals surface area contributed by atoms with Crippen LogP contribution in [-0.2, 0) is 10.0 Å². The molecule has 0 aliphatic heterocycles. The van der Waals surface area contributed by atoms with Crippen LogP contribution >= 0.6 is 11.6 Å². The lowest BCUT2D eigenvalue weighted by molar-refractivity contribution is 0.597. The van der Waals surface area contributed by atoms with Crippen LogP contribution in [0.2, 0.25) is 5.02 Å². The molecular weight excluding hydrogens is 296 g/mol. The van der Waals surface area contributed by atoms with Gasteiger partial charge in [0.15, 0.2) is 0 Å². The van der Waals surface area contributed by atoms with Gasteiger partial charge in [0, 0.05) is 0 Å².